The van der Waals surface area contributed by atoms with Gasteiger partial charge in [-0.15, -0.1) is 11.3 Å². The van der Waals surface area contributed by atoms with Crippen molar-refractivity contribution in [3.63, 3.8) is 0 Å². The summed E-state index contributed by atoms with van der Waals surface area (Å²) >= 11 is 1.10. The maximum absolute atomic E-state index is 13.0. The van der Waals surface area contributed by atoms with Crippen molar-refractivity contribution in [2.45, 2.75) is 45.7 Å². The van der Waals surface area contributed by atoms with E-state index >= 15 is 0 Å². The van der Waals surface area contributed by atoms with Gasteiger partial charge >= 0.3 is 10.3 Å². The summed E-state index contributed by atoms with van der Waals surface area (Å²) in [6.45, 7) is 4.59. The topological polar surface area (TPSA) is 179 Å². The highest BCUT2D eigenvalue weighted by molar-refractivity contribution is 7.84. The zero-order valence-corrected chi connectivity index (χ0v) is 23.6. The Morgan fingerprint density at radius 3 is 2.60 bits per heavy atom. The number of amides is 1. The second-order valence-corrected chi connectivity index (χ2v) is 11.3. The third-order valence-electron chi connectivity index (χ3n) is 6.33. The predicted molar refractivity (Wildman–Crippen MR) is 148 cm³/mol. The fourth-order valence-corrected chi connectivity index (χ4v) is 5.65. The number of hydrogen-bond donors (Lipinski definition) is 2. The molecule has 0 bridgehead atoms. The van der Waals surface area contributed by atoms with Crippen molar-refractivity contribution in [2.24, 2.45) is 11.1 Å². The van der Waals surface area contributed by atoms with Crippen LogP contribution in [-0.2, 0) is 31.3 Å². The molecule has 2 atom stereocenters. The van der Waals surface area contributed by atoms with Gasteiger partial charge in [0.25, 0.3) is 0 Å². The van der Waals surface area contributed by atoms with Gasteiger partial charge in [0.05, 0.1) is 18.2 Å². The molecule has 1 aliphatic rings. The number of oxime groups is 1. The number of ether oxygens (including phenoxy) is 1. The molecule has 0 spiro atoms. The third-order valence-corrected chi connectivity index (χ3v) is 8.01. The van der Waals surface area contributed by atoms with Gasteiger partial charge < -0.3 is 15.3 Å². The molecular weight excluding hydrogens is 560 g/mol. The number of aryl methyl sites for hydroxylation is 1. The molecule has 15 heteroatoms. The molecule has 214 valence electrons. The van der Waals surface area contributed by atoms with Crippen molar-refractivity contribution in [2.75, 3.05) is 18.9 Å². The van der Waals surface area contributed by atoms with Gasteiger partial charge in [0, 0.05) is 30.1 Å². The van der Waals surface area contributed by atoms with Crippen molar-refractivity contribution in [1.29, 1.82) is 0 Å². The van der Waals surface area contributed by atoms with Crippen LogP contribution in [0, 0.1) is 5.92 Å². The fraction of sp³-hybridized carbons (Fsp3) is 0.400. The van der Waals surface area contributed by atoms with E-state index in [9.17, 15) is 22.6 Å². The number of anilines is 1. The second-order valence-electron chi connectivity index (χ2n) is 9.15. The Morgan fingerprint density at radius 2 is 1.98 bits per heavy atom. The maximum atomic E-state index is 13.0. The summed E-state index contributed by atoms with van der Waals surface area (Å²) in [4.78, 5) is 34.6. The monoisotopic (exact) mass is 590 g/mol. The molecule has 1 amide bonds. The average molecular weight is 591 g/mol. The number of carbonyl (C=O) groups is 2. The van der Waals surface area contributed by atoms with E-state index in [4.69, 9.17) is 15.3 Å². The summed E-state index contributed by atoms with van der Waals surface area (Å²) in [6.07, 6.45) is 5.68. The number of β-lactam (4-membered cyclic amide) rings is 1. The second kappa shape index (κ2) is 12.6. The van der Waals surface area contributed by atoms with Crippen LogP contribution in [-0.4, -0.2) is 68.7 Å². The lowest BCUT2D eigenvalue weighted by molar-refractivity contribution is -0.147. The predicted octanol–water partition coefficient (Wildman–Crippen LogP) is 2.80. The molecule has 0 aliphatic carbocycles. The molecule has 3 N–H and O–H groups in total. The van der Waals surface area contributed by atoms with Crippen molar-refractivity contribution in [3.8, 4) is 16.9 Å². The lowest BCUT2D eigenvalue weighted by atomic mass is 9.86. The van der Waals surface area contributed by atoms with Crippen LogP contribution >= 0.6 is 11.3 Å². The van der Waals surface area contributed by atoms with Crippen LogP contribution in [0.25, 0.3) is 11.1 Å². The largest absolute Gasteiger partial charge is 0.490 e. The summed E-state index contributed by atoms with van der Waals surface area (Å²) < 4.78 is 39.8. The highest BCUT2D eigenvalue weighted by atomic mass is 32.2. The number of thiazole rings is 1. The highest BCUT2D eigenvalue weighted by Gasteiger charge is 2.51. The Hall–Kier alpha value is -3.82. The van der Waals surface area contributed by atoms with Crippen molar-refractivity contribution < 1.29 is 32.1 Å². The maximum Gasteiger partial charge on any atom is 0.362 e. The van der Waals surface area contributed by atoms with Crippen LogP contribution in [0.4, 0.5) is 5.13 Å². The Labute approximate surface area is 235 Å². The van der Waals surface area contributed by atoms with Gasteiger partial charge in [-0.2, -0.15) is 13.5 Å². The van der Waals surface area contributed by atoms with Crippen molar-refractivity contribution in [3.05, 3.63) is 47.7 Å². The van der Waals surface area contributed by atoms with E-state index in [0.717, 1.165) is 41.9 Å². The normalized spacial score (nSPS) is 17.5. The number of nitrogens with zero attached hydrogens (tertiary/aromatic N) is 5. The molecule has 40 heavy (non-hydrogen) atoms. The zero-order chi connectivity index (χ0) is 28.9. The van der Waals surface area contributed by atoms with Crippen molar-refractivity contribution >= 4 is 44.2 Å². The Morgan fingerprint density at radius 1 is 1.23 bits per heavy atom. The SMILES string of the molecule is CCCCn1cc(-c2ccc(OCCO/N=C(\C(=O)C[C@@H]3C(=O)N(S(=O)(=O)O)[C@H]3C)c3csc(N)n3)cc2)cn1. The van der Waals surface area contributed by atoms with E-state index < -0.39 is 34.0 Å². The standard InChI is InChI=1S/C25H30N6O7S2/c1-3-4-9-30-14-18(13-27-30)17-5-7-19(8-6-17)37-10-11-38-29-23(21-15-39-25(26)28-21)22(32)12-20-16(2)31(24(20)33)40(34,35)36/h5-8,13-16,20H,3-4,9-12H2,1-2H3,(H2,26,28)(H,34,35,36)/b29-23-/t16-,20-/m0/s1. The summed E-state index contributed by atoms with van der Waals surface area (Å²) in [6, 6.07) is 6.66. The number of hydrogen-bond acceptors (Lipinski definition) is 11. The number of nitrogen functional groups attached to an aromatic ring is 1. The van der Waals surface area contributed by atoms with Crippen LogP contribution in [0.5, 0.6) is 5.75 Å². The number of unbranched alkanes of at least 4 members (excludes halogenated alkanes) is 1. The Balaban J connectivity index is 1.32. The molecule has 2 aromatic heterocycles. The van der Waals surface area contributed by atoms with Gasteiger partial charge in [0.1, 0.15) is 18.1 Å². The lowest BCUT2D eigenvalue weighted by Crippen LogP contribution is -2.62. The van der Waals surface area contributed by atoms with Gasteiger partial charge in [-0.1, -0.05) is 30.6 Å². The molecule has 0 radical (unpaired) electrons. The Bertz CT molecular complexity index is 1480. The van der Waals surface area contributed by atoms with Gasteiger partial charge in [-0.3, -0.25) is 18.8 Å². The zero-order valence-electron chi connectivity index (χ0n) is 22.0. The van der Waals surface area contributed by atoms with Crippen LogP contribution < -0.4 is 10.5 Å². The number of aromatic nitrogens is 3. The number of ketones is 1. The molecule has 13 nitrogen and oxygen atoms in total. The molecule has 3 heterocycles. The van der Waals surface area contributed by atoms with E-state index in [1.807, 2.05) is 41.3 Å². The molecule has 4 rings (SSSR count). The fourth-order valence-electron chi connectivity index (χ4n) is 4.17. The summed E-state index contributed by atoms with van der Waals surface area (Å²) in [5.74, 6) is -1.77. The first-order valence-corrected chi connectivity index (χ1v) is 14.9. The summed E-state index contributed by atoms with van der Waals surface area (Å²) in [5, 5.41) is 10.0. The van der Waals surface area contributed by atoms with E-state index in [0.29, 0.717) is 10.1 Å². The minimum Gasteiger partial charge on any atom is -0.490 e. The molecule has 0 saturated carbocycles. The van der Waals surface area contributed by atoms with E-state index in [1.165, 1.54) is 12.3 Å². The van der Waals surface area contributed by atoms with Gasteiger partial charge in [0.2, 0.25) is 5.91 Å². The first-order valence-electron chi connectivity index (χ1n) is 12.6. The van der Waals surface area contributed by atoms with Gasteiger partial charge in [0.15, 0.2) is 23.2 Å². The first kappa shape index (κ1) is 29.2. The van der Waals surface area contributed by atoms with Gasteiger partial charge in [-0.25, -0.2) is 9.29 Å². The van der Waals surface area contributed by atoms with E-state index in [1.54, 1.807) is 0 Å². The number of benzene rings is 1. The first-order chi connectivity index (χ1) is 19.1. The van der Waals surface area contributed by atoms with Crippen LogP contribution in [0.1, 0.15) is 38.8 Å². The number of carbonyl (C=O) groups excluding carboxylic acids is 2. The average Bonchev–Trinajstić information content (AvgIpc) is 3.56. The highest BCUT2D eigenvalue weighted by Crippen LogP contribution is 2.32. The molecule has 3 aromatic rings. The molecule has 1 fully saturated rings. The Kier molecular flexibility index (Phi) is 9.17. The summed E-state index contributed by atoms with van der Waals surface area (Å²) in [5.41, 5.74) is 7.75. The number of rotatable bonds is 14. The number of Topliss-reactive ketones (excluding diaryl/α,β-unsaturated/α-hetero) is 1. The third kappa shape index (κ3) is 6.84. The van der Waals surface area contributed by atoms with Crippen LogP contribution in [0.3, 0.4) is 0 Å². The molecule has 1 saturated heterocycles. The van der Waals surface area contributed by atoms with Gasteiger partial charge in [-0.05, 0) is 31.0 Å². The summed E-state index contributed by atoms with van der Waals surface area (Å²) in [7, 11) is -4.69. The minimum absolute atomic E-state index is 0.0116. The molecular formula is C25H30N6O7S2. The quantitative estimate of drug-likeness (QED) is 0.0932. The number of nitrogens with two attached hydrogens (primary N) is 1. The molecule has 1 aromatic carbocycles. The minimum atomic E-state index is -4.69. The van der Waals surface area contributed by atoms with E-state index in [-0.39, 0.29) is 36.2 Å². The molecule has 1 aliphatic heterocycles. The smallest absolute Gasteiger partial charge is 0.362 e. The van der Waals surface area contributed by atoms with Crippen molar-refractivity contribution in [1.82, 2.24) is 19.1 Å². The lowest BCUT2D eigenvalue weighted by Gasteiger charge is -2.41. The molecule has 0 unspecified atom stereocenters. The van der Waals surface area contributed by atoms with Crippen LogP contribution in [0.2, 0.25) is 0 Å². The van der Waals surface area contributed by atoms with Crippen LogP contribution in [0.15, 0.2) is 47.2 Å². The van der Waals surface area contributed by atoms with E-state index in [2.05, 4.69) is 22.2 Å².